The Morgan fingerprint density at radius 2 is 1.61 bits per heavy atom. The summed E-state index contributed by atoms with van der Waals surface area (Å²) >= 11 is 0. The maximum Gasteiger partial charge on any atom is 0.231 e. The van der Waals surface area contributed by atoms with Gasteiger partial charge in [0.25, 0.3) is 0 Å². The number of rotatable bonds is 6. The van der Waals surface area contributed by atoms with Gasteiger partial charge in [0, 0.05) is 5.56 Å². The van der Waals surface area contributed by atoms with E-state index in [9.17, 15) is 0 Å². The van der Waals surface area contributed by atoms with Crippen molar-refractivity contribution in [2.75, 3.05) is 21.0 Å². The Kier molecular flexibility index (Phi) is 5.43. The van der Waals surface area contributed by atoms with Crippen LogP contribution in [-0.4, -0.2) is 21.0 Å². The number of hydrogen-bond acceptors (Lipinski definition) is 4. The predicted molar refractivity (Wildman–Crippen MR) is 133 cm³/mol. The van der Waals surface area contributed by atoms with Crippen molar-refractivity contribution in [1.29, 1.82) is 0 Å². The van der Waals surface area contributed by atoms with E-state index in [2.05, 4.69) is 62.0 Å². The van der Waals surface area contributed by atoms with Gasteiger partial charge in [-0.1, -0.05) is 43.0 Å². The first-order valence-electron chi connectivity index (χ1n) is 10.9. The van der Waals surface area contributed by atoms with Crippen molar-refractivity contribution >= 4 is 16.8 Å². The van der Waals surface area contributed by atoms with Gasteiger partial charge in [0.2, 0.25) is 6.79 Å². The molecule has 0 unspecified atom stereocenters. The summed E-state index contributed by atoms with van der Waals surface area (Å²) in [6.45, 7) is 6.46. The molecule has 0 spiro atoms. The number of hydrogen-bond donors (Lipinski definition) is 0. The molecule has 0 amide bonds. The summed E-state index contributed by atoms with van der Waals surface area (Å²) in [5.41, 5.74) is 6.72. The fourth-order valence-corrected chi connectivity index (χ4v) is 4.65. The molecule has 0 atom stereocenters. The fraction of sp³-hybridized carbons (Fsp3) is 0.172. The van der Waals surface area contributed by atoms with Crippen LogP contribution in [0.1, 0.15) is 22.3 Å². The number of benzene rings is 4. The van der Waals surface area contributed by atoms with E-state index in [-0.39, 0.29) is 6.79 Å². The molecule has 0 bridgehead atoms. The molecular formula is C29H26O4. The van der Waals surface area contributed by atoms with Gasteiger partial charge in [-0.2, -0.15) is 0 Å². The van der Waals surface area contributed by atoms with Gasteiger partial charge in [-0.15, -0.1) is 0 Å². The summed E-state index contributed by atoms with van der Waals surface area (Å²) in [6.07, 6.45) is 2.64. The summed E-state index contributed by atoms with van der Waals surface area (Å²) in [5, 5.41) is 2.32. The molecule has 4 aromatic carbocycles. The van der Waals surface area contributed by atoms with E-state index in [1.54, 1.807) is 14.2 Å². The van der Waals surface area contributed by atoms with E-state index in [0.717, 1.165) is 45.6 Å². The number of methoxy groups -OCH3 is 2. The molecule has 4 nitrogen and oxygen atoms in total. The summed E-state index contributed by atoms with van der Waals surface area (Å²) in [7, 11) is 3.30. The third-order valence-corrected chi connectivity index (χ3v) is 6.30. The maximum absolute atomic E-state index is 5.70. The summed E-state index contributed by atoms with van der Waals surface area (Å²) in [6, 6.07) is 21.0. The SMILES string of the molecule is C=Cc1c(-c2cc(Cc3ccccc3)c3cc4c(cc3c2C)OCO4)ccc(OC)c1OC. The monoisotopic (exact) mass is 438 g/mol. The number of aryl methyl sites for hydroxylation is 1. The molecule has 0 N–H and O–H groups in total. The van der Waals surface area contributed by atoms with Crippen molar-refractivity contribution in [3.8, 4) is 34.1 Å². The van der Waals surface area contributed by atoms with Gasteiger partial charge in [-0.3, -0.25) is 0 Å². The Hall–Kier alpha value is -3.92. The molecule has 4 heteroatoms. The molecule has 4 aromatic rings. The third kappa shape index (κ3) is 3.58. The van der Waals surface area contributed by atoms with Crippen LogP contribution in [0.25, 0.3) is 28.0 Å². The quantitative estimate of drug-likeness (QED) is 0.332. The molecule has 1 heterocycles. The molecule has 1 aliphatic rings. The van der Waals surface area contributed by atoms with Crippen molar-refractivity contribution in [3.05, 3.63) is 89.5 Å². The Morgan fingerprint density at radius 1 is 0.879 bits per heavy atom. The van der Waals surface area contributed by atoms with Crippen LogP contribution in [0.3, 0.4) is 0 Å². The Labute approximate surface area is 194 Å². The van der Waals surface area contributed by atoms with E-state index in [1.807, 2.05) is 18.2 Å². The minimum absolute atomic E-state index is 0.252. The highest BCUT2D eigenvalue weighted by Gasteiger charge is 2.21. The highest BCUT2D eigenvalue weighted by molar-refractivity contribution is 5.98. The van der Waals surface area contributed by atoms with Crippen molar-refractivity contribution in [1.82, 2.24) is 0 Å². The van der Waals surface area contributed by atoms with Crippen LogP contribution in [0.2, 0.25) is 0 Å². The molecule has 5 rings (SSSR count). The van der Waals surface area contributed by atoms with E-state index in [0.29, 0.717) is 11.5 Å². The average molecular weight is 439 g/mol. The fourth-order valence-electron chi connectivity index (χ4n) is 4.65. The van der Waals surface area contributed by atoms with E-state index in [4.69, 9.17) is 18.9 Å². The number of fused-ring (bicyclic) bond motifs is 2. The molecule has 0 fully saturated rings. The normalized spacial score (nSPS) is 12.1. The molecular weight excluding hydrogens is 412 g/mol. The van der Waals surface area contributed by atoms with Crippen LogP contribution in [-0.2, 0) is 6.42 Å². The molecule has 0 aliphatic carbocycles. The van der Waals surface area contributed by atoms with Crippen LogP contribution in [0.4, 0.5) is 0 Å². The standard InChI is InChI=1S/C29H26O4/c1-5-21-22(11-12-26(30-3)29(21)31-4)23-14-20(13-19-9-7-6-8-10-19)25-16-28-27(32-17-33-28)15-24(25)18(23)2/h5-12,14-16H,1,13,17H2,2-4H3. The molecule has 0 saturated carbocycles. The summed E-state index contributed by atoms with van der Waals surface area (Å²) in [5.74, 6) is 2.94. The van der Waals surface area contributed by atoms with Crippen LogP contribution in [0.5, 0.6) is 23.0 Å². The van der Waals surface area contributed by atoms with Gasteiger partial charge < -0.3 is 18.9 Å². The van der Waals surface area contributed by atoms with Crippen molar-refractivity contribution in [2.45, 2.75) is 13.3 Å². The Bertz CT molecular complexity index is 1360. The second kappa shape index (κ2) is 8.55. The van der Waals surface area contributed by atoms with Crippen molar-refractivity contribution < 1.29 is 18.9 Å². The predicted octanol–water partition coefficient (Wildman–Crippen LogP) is 6.79. The first kappa shape index (κ1) is 21.0. The van der Waals surface area contributed by atoms with Gasteiger partial charge in [0.05, 0.1) is 14.2 Å². The first-order valence-corrected chi connectivity index (χ1v) is 10.9. The maximum atomic E-state index is 5.70. The van der Waals surface area contributed by atoms with E-state index >= 15 is 0 Å². The minimum Gasteiger partial charge on any atom is -0.493 e. The van der Waals surface area contributed by atoms with Gasteiger partial charge in [-0.05, 0) is 82.3 Å². The molecule has 1 aliphatic heterocycles. The van der Waals surface area contributed by atoms with Crippen molar-refractivity contribution in [3.63, 3.8) is 0 Å². The molecule has 33 heavy (non-hydrogen) atoms. The van der Waals surface area contributed by atoms with Gasteiger partial charge >= 0.3 is 0 Å². The van der Waals surface area contributed by atoms with Crippen molar-refractivity contribution in [2.24, 2.45) is 0 Å². The largest absolute Gasteiger partial charge is 0.493 e. The van der Waals surface area contributed by atoms with Crippen LogP contribution in [0.15, 0.2) is 67.2 Å². The smallest absolute Gasteiger partial charge is 0.231 e. The molecule has 0 saturated heterocycles. The van der Waals surface area contributed by atoms with Gasteiger partial charge in [0.15, 0.2) is 23.0 Å². The summed E-state index contributed by atoms with van der Waals surface area (Å²) < 4.78 is 22.6. The lowest BCUT2D eigenvalue weighted by molar-refractivity contribution is 0.174. The lowest BCUT2D eigenvalue weighted by atomic mass is 9.87. The van der Waals surface area contributed by atoms with Gasteiger partial charge in [-0.25, -0.2) is 0 Å². The lowest BCUT2D eigenvalue weighted by Crippen LogP contribution is -1.99. The Morgan fingerprint density at radius 3 is 2.27 bits per heavy atom. The summed E-state index contributed by atoms with van der Waals surface area (Å²) in [4.78, 5) is 0. The highest BCUT2D eigenvalue weighted by Crippen LogP contribution is 2.44. The number of ether oxygens (including phenoxy) is 4. The second-order valence-electron chi connectivity index (χ2n) is 8.09. The minimum atomic E-state index is 0.252. The van der Waals surface area contributed by atoms with E-state index < -0.39 is 0 Å². The zero-order valence-electron chi connectivity index (χ0n) is 19.1. The van der Waals surface area contributed by atoms with Crippen LogP contribution < -0.4 is 18.9 Å². The average Bonchev–Trinajstić information content (AvgIpc) is 3.32. The van der Waals surface area contributed by atoms with Gasteiger partial charge in [0.1, 0.15) is 0 Å². The molecule has 0 radical (unpaired) electrons. The zero-order valence-corrected chi connectivity index (χ0v) is 19.1. The topological polar surface area (TPSA) is 36.9 Å². The molecule has 166 valence electrons. The van der Waals surface area contributed by atoms with Crippen LogP contribution in [0, 0.1) is 6.92 Å². The second-order valence-corrected chi connectivity index (χ2v) is 8.09. The zero-order chi connectivity index (χ0) is 22.9. The first-order chi connectivity index (χ1) is 16.1. The lowest BCUT2D eigenvalue weighted by Gasteiger charge is -2.19. The molecule has 0 aromatic heterocycles. The highest BCUT2D eigenvalue weighted by atomic mass is 16.7. The van der Waals surface area contributed by atoms with E-state index in [1.165, 1.54) is 16.5 Å². The Balaban J connectivity index is 1.79. The van der Waals surface area contributed by atoms with Crippen LogP contribution >= 0.6 is 0 Å². The third-order valence-electron chi connectivity index (χ3n) is 6.30.